The maximum absolute atomic E-state index is 10.3. The number of hydrogen-bond acceptors (Lipinski definition) is 7. The molecule has 2 heterocycles. The molecule has 4 N–H and O–H groups in total. The molecule has 7 nitrogen and oxygen atoms in total. The highest BCUT2D eigenvalue weighted by Crippen LogP contribution is 2.41. The van der Waals surface area contributed by atoms with Gasteiger partial charge in [-0.2, -0.15) is 0 Å². The number of rotatable bonds is 15. The Bertz CT molecular complexity index is 903. The van der Waals surface area contributed by atoms with Gasteiger partial charge in [0.25, 0.3) is 0 Å². The van der Waals surface area contributed by atoms with Gasteiger partial charge in [0.1, 0.15) is 41.5 Å². The molecule has 3 rings (SSSR count). The minimum absolute atomic E-state index is 0.192. The van der Waals surface area contributed by atoms with Crippen molar-refractivity contribution in [1.29, 1.82) is 0 Å². The van der Waals surface area contributed by atoms with E-state index in [1.54, 1.807) is 0 Å². The van der Waals surface area contributed by atoms with E-state index in [1.807, 2.05) is 19.1 Å². The van der Waals surface area contributed by atoms with E-state index in [-0.39, 0.29) is 5.60 Å². The van der Waals surface area contributed by atoms with Crippen LogP contribution in [-0.2, 0) is 11.2 Å². The van der Waals surface area contributed by atoms with Gasteiger partial charge in [0.2, 0.25) is 6.29 Å². The van der Waals surface area contributed by atoms with E-state index in [4.69, 9.17) is 14.2 Å². The Labute approximate surface area is 242 Å². The summed E-state index contributed by atoms with van der Waals surface area (Å²) in [6, 6.07) is 3.74. The van der Waals surface area contributed by atoms with Crippen LogP contribution in [0.5, 0.6) is 11.5 Å². The van der Waals surface area contributed by atoms with Crippen molar-refractivity contribution in [2.24, 2.45) is 17.8 Å². The first-order valence-corrected chi connectivity index (χ1v) is 15.7. The van der Waals surface area contributed by atoms with Crippen molar-refractivity contribution >= 4 is 0 Å². The molecule has 0 spiro atoms. The lowest BCUT2D eigenvalue weighted by Gasteiger charge is -2.40. The fraction of sp³-hybridized carbons (Fsp3) is 0.818. The zero-order valence-corrected chi connectivity index (χ0v) is 25.8. The van der Waals surface area contributed by atoms with Gasteiger partial charge in [0.05, 0.1) is 6.61 Å². The van der Waals surface area contributed by atoms with E-state index >= 15 is 0 Å². The van der Waals surface area contributed by atoms with Gasteiger partial charge in [-0.1, -0.05) is 72.6 Å². The third kappa shape index (κ3) is 9.32. The first kappa shape index (κ1) is 33.1. The Morgan fingerprint density at radius 2 is 1.52 bits per heavy atom. The molecule has 0 radical (unpaired) electrons. The maximum Gasteiger partial charge on any atom is 0.229 e. The number of aryl methyl sites for hydroxylation is 2. The highest BCUT2D eigenvalue weighted by Gasteiger charge is 2.45. The average molecular weight is 565 g/mol. The van der Waals surface area contributed by atoms with Crippen molar-refractivity contribution in [3.8, 4) is 11.5 Å². The quantitative estimate of drug-likeness (QED) is 0.217. The molecule has 7 heteroatoms. The van der Waals surface area contributed by atoms with Gasteiger partial charge in [0.15, 0.2) is 0 Å². The minimum atomic E-state index is -1.47. The molecule has 2 aliphatic rings. The van der Waals surface area contributed by atoms with Crippen LogP contribution in [0.25, 0.3) is 0 Å². The van der Waals surface area contributed by atoms with Gasteiger partial charge in [-0.25, -0.2) is 0 Å². The largest absolute Gasteiger partial charge is 0.487 e. The monoisotopic (exact) mass is 564 g/mol. The summed E-state index contributed by atoms with van der Waals surface area (Å²) in [5, 5.41) is 39.9. The summed E-state index contributed by atoms with van der Waals surface area (Å²) in [6.45, 7) is 13.1. The van der Waals surface area contributed by atoms with Gasteiger partial charge >= 0.3 is 0 Å². The van der Waals surface area contributed by atoms with Crippen molar-refractivity contribution in [2.45, 2.75) is 148 Å². The summed E-state index contributed by atoms with van der Waals surface area (Å²) < 4.78 is 18.0. The summed E-state index contributed by atoms with van der Waals surface area (Å²) in [5.74, 6) is 3.79. The van der Waals surface area contributed by atoms with E-state index < -0.39 is 37.3 Å². The minimum Gasteiger partial charge on any atom is -0.487 e. The number of aliphatic hydroxyl groups excluding tert-OH is 4. The Morgan fingerprint density at radius 1 is 0.900 bits per heavy atom. The first-order chi connectivity index (χ1) is 18.9. The highest BCUT2D eigenvalue weighted by molar-refractivity contribution is 5.48. The van der Waals surface area contributed by atoms with Crippen LogP contribution in [0, 0.1) is 24.7 Å². The van der Waals surface area contributed by atoms with Crippen LogP contribution < -0.4 is 9.47 Å². The Hall–Kier alpha value is -1.38. The Balaban J connectivity index is 1.45. The predicted molar refractivity (Wildman–Crippen MR) is 158 cm³/mol. The lowest BCUT2D eigenvalue weighted by Crippen LogP contribution is -2.60. The van der Waals surface area contributed by atoms with E-state index in [9.17, 15) is 20.4 Å². The second-order valence-electron chi connectivity index (χ2n) is 13.5. The fourth-order valence-corrected chi connectivity index (χ4v) is 6.18. The lowest BCUT2D eigenvalue weighted by atomic mass is 9.85. The van der Waals surface area contributed by atoms with Gasteiger partial charge in [0, 0.05) is 0 Å². The molecule has 1 aromatic carbocycles. The molecule has 0 aliphatic carbocycles. The van der Waals surface area contributed by atoms with Crippen molar-refractivity contribution in [1.82, 2.24) is 0 Å². The summed E-state index contributed by atoms with van der Waals surface area (Å²) in [6.07, 6.45) is 6.77. The van der Waals surface area contributed by atoms with Gasteiger partial charge in [-0.15, -0.1) is 0 Å². The Kier molecular flexibility index (Phi) is 12.6. The van der Waals surface area contributed by atoms with Crippen molar-refractivity contribution in [2.75, 3.05) is 6.61 Å². The first-order valence-electron chi connectivity index (χ1n) is 15.7. The zero-order valence-electron chi connectivity index (χ0n) is 25.8. The number of benzene rings is 1. The molecule has 40 heavy (non-hydrogen) atoms. The SMILES string of the molecule is Cc1cc(O[C@@H]2OC(CO)[C@@H](O)[C@H](O)C2O)cc2c1O[C@](C)(CCC[C@H](C)CCC[C@H](C)CCCC(C)C)CC2. The van der Waals surface area contributed by atoms with E-state index in [0.717, 1.165) is 60.3 Å². The van der Waals surface area contributed by atoms with Crippen molar-refractivity contribution < 1.29 is 34.6 Å². The fourth-order valence-electron chi connectivity index (χ4n) is 6.18. The summed E-state index contributed by atoms with van der Waals surface area (Å²) in [5.41, 5.74) is 1.80. The van der Waals surface area contributed by atoms with Crippen LogP contribution in [0.3, 0.4) is 0 Å². The van der Waals surface area contributed by atoms with Crippen LogP contribution in [0.15, 0.2) is 12.1 Å². The third-order valence-electron chi connectivity index (χ3n) is 8.97. The van der Waals surface area contributed by atoms with E-state index in [1.165, 1.54) is 44.9 Å². The topological polar surface area (TPSA) is 109 Å². The molecule has 0 bridgehead atoms. The zero-order chi connectivity index (χ0) is 29.4. The number of aliphatic hydroxyl groups is 4. The molecular weight excluding hydrogens is 508 g/mol. The molecule has 0 aromatic heterocycles. The number of hydrogen-bond donors (Lipinski definition) is 4. The standard InChI is InChI=1S/C33H56O7/c1-21(2)10-7-11-22(3)12-8-13-23(4)14-9-16-33(6)17-15-25-19-26(18-24(5)31(25)40-33)38-32-30(37)29(36)28(35)27(20-34)39-32/h18-19,21-23,27-30,32,34-37H,7-17,20H2,1-6H3/t22-,23-,27?,28-,29+,30?,32-,33-/m1/s1. The molecule has 230 valence electrons. The molecule has 0 saturated carbocycles. The second kappa shape index (κ2) is 15.2. The molecule has 8 atom stereocenters. The van der Waals surface area contributed by atoms with Crippen molar-refractivity contribution in [3.63, 3.8) is 0 Å². The van der Waals surface area contributed by atoms with Gasteiger partial charge in [-0.3, -0.25) is 0 Å². The van der Waals surface area contributed by atoms with Gasteiger partial charge < -0.3 is 34.6 Å². The molecular formula is C33H56O7. The predicted octanol–water partition coefficient (Wildman–Crippen LogP) is 5.70. The van der Waals surface area contributed by atoms with Gasteiger partial charge in [-0.05, 0) is 80.5 Å². The van der Waals surface area contributed by atoms with Crippen LogP contribution >= 0.6 is 0 Å². The van der Waals surface area contributed by atoms with Crippen molar-refractivity contribution in [3.05, 3.63) is 23.3 Å². The Morgan fingerprint density at radius 3 is 2.15 bits per heavy atom. The lowest BCUT2D eigenvalue weighted by molar-refractivity contribution is -0.277. The smallest absolute Gasteiger partial charge is 0.229 e. The molecule has 2 aliphatic heterocycles. The third-order valence-corrected chi connectivity index (χ3v) is 8.97. The molecule has 1 aromatic rings. The summed E-state index contributed by atoms with van der Waals surface area (Å²) >= 11 is 0. The molecule has 1 saturated heterocycles. The van der Waals surface area contributed by atoms with Crippen LogP contribution in [0.2, 0.25) is 0 Å². The maximum atomic E-state index is 10.3. The van der Waals surface area contributed by atoms with Crippen LogP contribution in [0.1, 0.15) is 110 Å². The van der Waals surface area contributed by atoms with E-state index in [2.05, 4.69) is 34.6 Å². The summed E-state index contributed by atoms with van der Waals surface area (Å²) in [4.78, 5) is 0. The van der Waals surface area contributed by atoms with E-state index in [0.29, 0.717) is 5.75 Å². The molecule has 2 unspecified atom stereocenters. The average Bonchev–Trinajstić information content (AvgIpc) is 2.89. The number of fused-ring (bicyclic) bond motifs is 1. The molecule has 1 fully saturated rings. The second-order valence-corrected chi connectivity index (χ2v) is 13.5. The normalized spacial score (nSPS) is 30.0. The van der Waals surface area contributed by atoms with Crippen LogP contribution in [0.4, 0.5) is 0 Å². The molecule has 0 amide bonds. The highest BCUT2D eigenvalue weighted by atomic mass is 16.7. The van der Waals surface area contributed by atoms with Crippen LogP contribution in [-0.4, -0.2) is 63.3 Å². The summed E-state index contributed by atoms with van der Waals surface area (Å²) in [7, 11) is 0. The number of ether oxygens (including phenoxy) is 3.